The predicted molar refractivity (Wildman–Crippen MR) is 121 cm³/mol. The zero-order chi connectivity index (χ0) is 22.2. The van der Waals surface area contributed by atoms with Crippen LogP contribution in [0.15, 0.2) is 77.4 Å². The van der Waals surface area contributed by atoms with Gasteiger partial charge in [-0.1, -0.05) is 42.5 Å². The Morgan fingerprint density at radius 3 is 2.56 bits per heavy atom. The molecule has 0 aliphatic carbocycles. The average molecular weight is 432 g/mol. The van der Waals surface area contributed by atoms with E-state index in [-0.39, 0.29) is 30.5 Å². The van der Waals surface area contributed by atoms with Crippen molar-refractivity contribution in [1.82, 2.24) is 5.32 Å². The van der Waals surface area contributed by atoms with Crippen LogP contribution in [0.4, 0.5) is 5.69 Å². The highest BCUT2D eigenvalue weighted by molar-refractivity contribution is 5.95. The summed E-state index contributed by atoms with van der Waals surface area (Å²) in [4.78, 5) is 26.8. The first kappa shape index (κ1) is 21.2. The van der Waals surface area contributed by atoms with Gasteiger partial charge >= 0.3 is 0 Å². The van der Waals surface area contributed by atoms with E-state index in [2.05, 4.69) is 5.32 Å². The lowest BCUT2D eigenvalue weighted by Crippen LogP contribution is -2.35. The van der Waals surface area contributed by atoms with Crippen LogP contribution in [0.5, 0.6) is 11.5 Å². The van der Waals surface area contributed by atoms with Crippen LogP contribution in [0.2, 0.25) is 0 Å². The van der Waals surface area contributed by atoms with E-state index in [4.69, 9.17) is 13.9 Å². The fourth-order valence-electron chi connectivity index (χ4n) is 3.32. The molecular weight excluding hydrogens is 408 g/mol. The van der Waals surface area contributed by atoms with E-state index < -0.39 is 0 Å². The van der Waals surface area contributed by atoms with E-state index in [1.54, 1.807) is 17.0 Å². The summed E-state index contributed by atoms with van der Waals surface area (Å²) in [6.45, 7) is 1.54. The van der Waals surface area contributed by atoms with Gasteiger partial charge in [-0.05, 0) is 29.8 Å². The number of fused-ring (bicyclic) bond motifs is 1. The van der Waals surface area contributed by atoms with Gasteiger partial charge in [0.1, 0.15) is 13.2 Å². The van der Waals surface area contributed by atoms with Crippen LogP contribution in [0.3, 0.4) is 0 Å². The molecule has 0 saturated carbocycles. The molecule has 0 radical (unpaired) electrons. The summed E-state index contributed by atoms with van der Waals surface area (Å²) in [6, 6.07) is 18.6. The van der Waals surface area contributed by atoms with Crippen LogP contribution < -0.4 is 19.7 Å². The van der Waals surface area contributed by atoms with Crippen LogP contribution in [0.1, 0.15) is 22.5 Å². The molecule has 0 bridgehead atoms. The van der Waals surface area contributed by atoms with Crippen molar-refractivity contribution in [1.29, 1.82) is 0 Å². The number of ether oxygens (including phenoxy) is 2. The molecular formula is C25H24N2O5. The van der Waals surface area contributed by atoms with Crippen molar-refractivity contribution >= 4 is 23.6 Å². The lowest BCUT2D eigenvalue weighted by molar-refractivity contribution is -0.118. The molecule has 164 valence electrons. The number of nitrogens with zero attached hydrogens (tertiary/aromatic N) is 1. The van der Waals surface area contributed by atoms with E-state index in [0.29, 0.717) is 36.9 Å². The predicted octanol–water partition coefficient (Wildman–Crippen LogP) is 3.92. The molecule has 2 aromatic carbocycles. The van der Waals surface area contributed by atoms with Crippen molar-refractivity contribution in [2.75, 3.05) is 31.2 Å². The van der Waals surface area contributed by atoms with Gasteiger partial charge in [0, 0.05) is 31.3 Å². The number of carbonyl (C=O) groups is 2. The fourth-order valence-corrected chi connectivity index (χ4v) is 3.32. The quantitative estimate of drug-likeness (QED) is 0.584. The van der Waals surface area contributed by atoms with Crippen LogP contribution in [-0.4, -0.2) is 38.1 Å². The zero-order valence-electron chi connectivity index (χ0n) is 17.5. The minimum absolute atomic E-state index is 0.126. The number of amides is 2. The fraction of sp³-hybridized carbons (Fsp3) is 0.200. The van der Waals surface area contributed by atoms with Crippen molar-refractivity contribution in [3.05, 3.63) is 84.3 Å². The van der Waals surface area contributed by atoms with Crippen molar-refractivity contribution < 1.29 is 23.5 Å². The molecule has 1 aliphatic rings. The third-order valence-electron chi connectivity index (χ3n) is 4.91. The lowest BCUT2D eigenvalue weighted by Gasteiger charge is -2.24. The molecule has 0 fully saturated rings. The van der Waals surface area contributed by atoms with E-state index in [1.165, 1.54) is 6.26 Å². The molecule has 1 N–H and O–H groups in total. The van der Waals surface area contributed by atoms with Gasteiger partial charge in [0.05, 0.1) is 6.26 Å². The number of rotatable bonds is 8. The Kier molecular flexibility index (Phi) is 6.87. The van der Waals surface area contributed by atoms with Gasteiger partial charge in [-0.2, -0.15) is 0 Å². The van der Waals surface area contributed by atoms with Crippen molar-refractivity contribution in [3.8, 4) is 11.5 Å². The lowest BCUT2D eigenvalue weighted by atomic mass is 10.2. The number of nitrogens with one attached hydrogen (secondary N) is 1. The topological polar surface area (TPSA) is 81.0 Å². The summed E-state index contributed by atoms with van der Waals surface area (Å²) in [5.74, 6) is 1.02. The zero-order valence-corrected chi connectivity index (χ0v) is 17.5. The second-order valence-electron chi connectivity index (χ2n) is 7.13. The van der Waals surface area contributed by atoms with Crippen LogP contribution in [-0.2, 0) is 4.79 Å². The first-order chi connectivity index (χ1) is 15.7. The number of anilines is 1. The molecule has 0 atom stereocenters. The van der Waals surface area contributed by atoms with Gasteiger partial charge in [0.25, 0.3) is 5.91 Å². The number of benzene rings is 2. The van der Waals surface area contributed by atoms with Gasteiger partial charge in [0.15, 0.2) is 17.3 Å². The monoisotopic (exact) mass is 432 g/mol. The Morgan fingerprint density at radius 2 is 1.78 bits per heavy atom. The van der Waals surface area contributed by atoms with Gasteiger partial charge in [0.2, 0.25) is 5.91 Å². The van der Waals surface area contributed by atoms with E-state index in [1.807, 2.05) is 60.7 Å². The summed E-state index contributed by atoms with van der Waals surface area (Å²) < 4.78 is 16.3. The molecule has 2 amide bonds. The molecule has 1 aromatic heterocycles. The molecule has 0 saturated heterocycles. The number of carbonyl (C=O) groups excluding carboxylic acids is 2. The smallest absolute Gasteiger partial charge is 0.286 e. The highest BCUT2D eigenvalue weighted by Gasteiger charge is 2.19. The van der Waals surface area contributed by atoms with Crippen molar-refractivity contribution in [3.63, 3.8) is 0 Å². The van der Waals surface area contributed by atoms with Gasteiger partial charge in [-0.3, -0.25) is 9.59 Å². The maximum atomic E-state index is 13.1. The number of furan rings is 1. The summed E-state index contributed by atoms with van der Waals surface area (Å²) >= 11 is 0. The minimum atomic E-state index is -0.349. The molecule has 0 unspecified atom stereocenters. The molecule has 32 heavy (non-hydrogen) atoms. The van der Waals surface area contributed by atoms with Crippen LogP contribution in [0.25, 0.3) is 6.08 Å². The summed E-state index contributed by atoms with van der Waals surface area (Å²) in [5.41, 5.74) is 1.75. The molecule has 3 aromatic rings. The van der Waals surface area contributed by atoms with Crippen molar-refractivity contribution in [2.24, 2.45) is 0 Å². The van der Waals surface area contributed by atoms with E-state index >= 15 is 0 Å². The van der Waals surface area contributed by atoms with Gasteiger partial charge in [-0.15, -0.1) is 0 Å². The second-order valence-corrected chi connectivity index (χ2v) is 7.13. The first-order valence-electron chi connectivity index (χ1n) is 10.4. The molecule has 1 aliphatic heterocycles. The molecule has 7 nitrogen and oxygen atoms in total. The number of hydrogen-bond acceptors (Lipinski definition) is 5. The maximum absolute atomic E-state index is 13.1. The SMILES string of the molecule is O=C(NCCC(=O)N(CC=Cc1ccccc1)c1ccc2c(c1)OCCO2)c1ccco1. The maximum Gasteiger partial charge on any atom is 0.286 e. The highest BCUT2D eigenvalue weighted by Crippen LogP contribution is 2.34. The average Bonchev–Trinajstić information content (AvgIpc) is 3.37. The minimum Gasteiger partial charge on any atom is -0.486 e. The second kappa shape index (κ2) is 10.3. The summed E-state index contributed by atoms with van der Waals surface area (Å²) in [7, 11) is 0. The Hall–Kier alpha value is -4.00. The molecule has 0 spiro atoms. The Bertz CT molecular complexity index is 1080. The standard InChI is InChI=1S/C25H24N2O5/c28-24(12-13-26-25(29)22-9-5-15-30-22)27(14-4-8-19-6-2-1-3-7-19)20-10-11-21-23(18-20)32-17-16-31-21/h1-11,15,18H,12-14,16-17H2,(H,26,29). The van der Waals surface area contributed by atoms with Gasteiger partial charge < -0.3 is 24.1 Å². The molecule has 4 rings (SSSR count). The third kappa shape index (κ3) is 5.37. The summed E-state index contributed by atoms with van der Waals surface area (Å²) in [5, 5.41) is 2.71. The summed E-state index contributed by atoms with van der Waals surface area (Å²) in [6.07, 6.45) is 5.48. The first-order valence-corrected chi connectivity index (χ1v) is 10.4. The largest absolute Gasteiger partial charge is 0.486 e. The Balaban J connectivity index is 1.45. The molecule has 7 heteroatoms. The Morgan fingerprint density at radius 1 is 0.969 bits per heavy atom. The van der Waals surface area contributed by atoms with E-state index in [0.717, 1.165) is 5.56 Å². The normalized spacial score (nSPS) is 12.5. The Labute approximate surface area is 186 Å². The van der Waals surface area contributed by atoms with E-state index in [9.17, 15) is 9.59 Å². The van der Waals surface area contributed by atoms with Gasteiger partial charge in [-0.25, -0.2) is 0 Å². The highest BCUT2D eigenvalue weighted by atomic mass is 16.6. The van der Waals surface area contributed by atoms with Crippen LogP contribution >= 0.6 is 0 Å². The number of hydrogen-bond donors (Lipinski definition) is 1. The molecule has 2 heterocycles. The van der Waals surface area contributed by atoms with Crippen molar-refractivity contribution in [2.45, 2.75) is 6.42 Å². The third-order valence-corrected chi connectivity index (χ3v) is 4.91. The van der Waals surface area contributed by atoms with Crippen LogP contribution in [0, 0.1) is 0 Å².